The second-order valence-corrected chi connectivity index (χ2v) is 2.29. The van der Waals surface area contributed by atoms with E-state index in [2.05, 4.69) is 11.9 Å². The first-order valence-corrected chi connectivity index (χ1v) is 3.77. The van der Waals surface area contributed by atoms with E-state index in [0.717, 1.165) is 0 Å². The Morgan fingerprint density at radius 3 is 2.92 bits per heavy atom. The topological polar surface area (TPSA) is 47.6 Å². The maximum absolute atomic E-state index is 10.6. The summed E-state index contributed by atoms with van der Waals surface area (Å²) in [7, 11) is 1.51. The monoisotopic (exact) mass is 173 g/mol. The smallest absolute Gasteiger partial charge is 0.407 e. The highest BCUT2D eigenvalue weighted by atomic mass is 16.6. The predicted octanol–water partition coefficient (Wildman–Crippen LogP) is 0.933. The van der Waals surface area contributed by atoms with Crippen LogP contribution in [0.2, 0.25) is 0 Å². The molecule has 0 aromatic rings. The number of nitrogens with one attached hydrogen (secondary N) is 1. The average Bonchev–Trinajstić information content (AvgIpc) is 2.05. The van der Waals surface area contributed by atoms with Crippen LogP contribution in [0.1, 0.15) is 6.92 Å². The van der Waals surface area contributed by atoms with Gasteiger partial charge in [-0.25, -0.2) is 4.79 Å². The van der Waals surface area contributed by atoms with Crippen molar-refractivity contribution in [2.24, 2.45) is 0 Å². The molecular weight excluding hydrogens is 158 g/mol. The lowest BCUT2D eigenvalue weighted by Gasteiger charge is -2.11. The summed E-state index contributed by atoms with van der Waals surface area (Å²) in [4.78, 5) is 10.6. The van der Waals surface area contributed by atoms with Gasteiger partial charge in [-0.05, 0) is 6.92 Å². The molecule has 0 radical (unpaired) electrons. The van der Waals surface area contributed by atoms with Gasteiger partial charge in [0, 0.05) is 7.05 Å². The third-order valence-electron chi connectivity index (χ3n) is 1.10. The van der Waals surface area contributed by atoms with Crippen LogP contribution in [0.25, 0.3) is 0 Å². The Balaban J connectivity index is 3.38. The molecule has 1 amide bonds. The van der Waals surface area contributed by atoms with Gasteiger partial charge in [-0.3, -0.25) is 0 Å². The van der Waals surface area contributed by atoms with E-state index in [1.807, 2.05) is 0 Å². The van der Waals surface area contributed by atoms with Crippen LogP contribution in [-0.4, -0.2) is 32.5 Å². The van der Waals surface area contributed by atoms with Gasteiger partial charge in [0.25, 0.3) is 0 Å². The number of alkyl carbamates (subject to hydrolysis) is 1. The summed E-state index contributed by atoms with van der Waals surface area (Å²) in [5.74, 6) is 0. The van der Waals surface area contributed by atoms with E-state index in [1.54, 1.807) is 13.0 Å². The molecule has 1 atom stereocenters. The summed E-state index contributed by atoms with van der Waals surface area (Å²) in [5.41, 5.74) is 0. The molecule has 0 saturated carbocycles. The number of hydrogen-bond donors (Lipinski definition) is 1. The minimum Gasteiger partial charge on any atom is -0.444 e. The zero-order valence-electron chi connectivity index (χ0n) is 7.50. The fourth-order valence-electron chi connectivity index (χ4n) is 0.593. The Kier molecular flexibility index (Phi) is 6.09. The van der Waals surface area contributed by atoms with E-state index in [9.17, 15) is 4.79 Å². The van der Waals surface area contributed by atoms with Gasteiger partial charge in [0.2, 0.25) is 0 Å². The van der Waals surface area contributed by atoms with Crippen molar-refractivity contribution in [1.82, 2.24) is 5.32 Å². The standard InChI is InChI=1S/C8H15NO3/c1-4-5-11-6-7(2)12-8(10)9-3/h4,7H,1,5-6H2,2-3H3,(H,9,10). The maximum atomic E-state index is 10.6. The highest BCUT2D eigenvalue weighted by Gasteiger charge is 2.06. The summed E-state index contributed by atoms with van der Waals surface area (Å²) in [5, 5.41) is 2.35. The van der Waals surface area contributed by atoms with Crippen molar-refractivity contribution >= 4 is 6.09 Å². The molecule has 0 rings (SSSR count). The Morgan fingerprint density at radius 2 is 2.42 bits per heavy atom. The van der Waals surface area contributed by atoms with Crippen LogP contribution in [0.5, 0.6) is 0 Å². The molecule has 0 saturated heterocycles. The quantitative estimate of drug-likeness (QED) is 0.497. The summed E-state index contributed by atoms with van der Waals surface area (Å²) in [6.45, 7) is 6.11. The predicted molar refractivity (Wildman–Crippen MR) is 46.0 cm³/mol. The molecule has 4 nitrogen and oxygen atoms in total. The Bertz CT molecular complexity index is 147. The summed E-state index contributed by atoms with van der Waals surface area (Å²) < 4.78 is 9.90. The van der Waals surface area contributed by atoms with Crippen molar-refractivity contribution in [3.8, 4) is 0 Å². The largest absolute Gasteiger partial charge is 0.444 e. The van der Waals surface area contributed by atoms with Crippen LogP contribution in [0.3, 0.4) is 0 Å². The van der Waals surface area contributed by atoms with Gasteiger partial charge in [0.15, 0.2) is 0 Å². The van der Waals surface area contributed by atoms with Gasteiger partial charge in [0.05, 0.1) is 13.2 Å². The third kappa shape index (κ3) is 5.73. The van der Waals surface area contributed by atoms with Crippen LogP contribution in [0.15, 0.2) is 12.7 Å². The second-order valence-electron chi connectivity index (χ2n) is 2.29. The molecule has 1 unspecified atom stereocenters. The average molecular weight is 173 g/mol. The minimum atomic E-state index is -0.440. The summed E-state index contributed by atoms with van der Waals surface area (Å²) in [6.07, 6.45) is 0.974. The van der Waals surface area contributed by atoms with Gasteiger partial charge in [0.1, 0.15) is 6.10 Å². The van der Waals surface area contributed by atoms with Crippen molar-refractivity contribution in [3.05, 3.63) is 12.7 Å². The molecular formula is C8H15NO3. The van der Waals surface area contributed by atoms with Gasteiger partial charge in [-0.1, -0.05) is 6.08 Å². The molecule has 0 aromatic heterocycles. The van der Waals surface area contributed by atoms with Crippen molar-refractivity contribution in [3.63, 3.8) is 0 Å². The lowest BCUT2D eigenvalue weighted by Crippen LogP contribution is -2.27. The fourth-order valence-corrected chi connectivity index (χ4v) is 0.593. The van der Waals surface area contributed by atoms with Crippen LogP contribution in [-0.2, 0) is 9.47 Å². The summed E-state index contributed by atoms with van der Waals surface area (Å²) >= 11 is 0. The number of ether oxygens (including phenoxy) is 2. The highest BCUT2D eigenvalue weighted by molar-refractivity contribution is 5.66. The molecule has 0 aliphatic rings. The minimum absolute atomic E-state index is 0.232. The van der Waals surface area contributed by atoms with E-state index in [1.165, 1.54) is 7.05 Å². The first-order chi connectivity index (χ1) is 5.70. The molecule has 1 N–H and O–H groups in total. The fraction of sp³-hybridized carbons (Fsp3) is 0.625. The van der Waals surface area contributed by atoms with Gasteiger partial charge in [-0.15, -0.1) is 6.58 Å². The third-order valence-corrected chi connectivity index (χ3v) is 1.10. The van der Waals surface area contributed by atoms with Crippen molar-refractivity contribution in [2.45, 2.75) is 13.0 Å². The van der Waals surface area contributed by atoms with E-state index >= 15 is 0 Å². The molecule has 0 aromatic carbocycles. The molecule has 12 heavy (non-hydrogen) atoms. The molecule has 0 aliphatic heterocycles. The number of rotatable bonds is 5. The normalized spacial score (nSPS) is 11.8. The number of carbonyl (C=O) groups is 1. The van der Waals surface area contributed by atoms with Crippen LogP contribution < -0.4 is 5.32 Å². The first kappa shape index (κ1) is 11.0. The van der Waals surface area contributed by atoms with Gasteiger partial charge < -0.3 is 14.8 Å². The lowest BCUT2D eigenvalue weighted by molar-refractivity contribution is 0.0389. The van der Waals surface area contributed by atoms with E-state index in [4.69, 9.17) is 9.47 Å². The van der Waals surface area contributed by atoms with Crippen LogP contribution in [0.4, 0.5) is 4.79 Å². The number of carbonyl (C=O) groups excluding carboxylic acids is 1. The number of amides is 1. The molecule has 0 aliphatic carbocycles. The van der Waals surface area contributed by atoms with Crippen LogP contribution >= 0.6 is 0 Å². The highest BCUT2D eigenvalue weighted by Crippen LogP contribution is 1.92. The maximum Gasteiger partial charge on any atom is 0.407 e. The van der Waals surface area contributed by atoms with Crippen molar-refractivity contribution in [2.75, 3.05) is 20.3 Å². The van der Waals surface area contributed by atoms with Crippen molar-refractivity contribution < 1.29 is 14.3 Å². The molecule has 0 heterocycles. The van der Waals surface area contributed by atoms with E-state index in [0.29, 0.717) is 13.2 Å². The Hall–Kier alpha value is -1.03. The second kappa shape index (κ2) is 6.67. The SMILES string of the molecule is C=CCOCC(C)OC(=O)NC. The van der Waals surface area contributed by atoms with Crippen LogP contribution in [0, 0.1) is 0 Å². The molecule has 70 valence electrons. The molecule has 0 bridgehead atoms. The van der Waals surface area contributed by atoms with E-state index < -0.39 is 6.09 Å². The Morgan fingerprint density at radius 1 is 1.75 bits per heavy atom. The molecule has 0 spiro atoms. The first-order valence-electron chi connectivity index (χ1n) is 3.77. The van der Waals surface area contributed by atoms with Gasteiger partial charge in [-0.2, -0.15) is 0 Å². The molecule has 4 heteroatoms. The molecule has 0 fully saturated rings. The van der Waals surface area contributed by atoms with E-state index in [-0.39, 0.29) is 6.10 Å². The van der Waals surface area contributed by atoms with Gasteiger partial charge >= 0.3 is 6.09 Å². The zero-order valence-corrected chi connectivity index (χ0v) is 7.50. The Labute approximate surface area is 72.5 Å². The lowest BCUT2D eigenvalue weighted by atomic mass is 10.4. The number of hydrogen-bond acceptors (Lipinski definition) is 3. The summed E-state index contributed by atoms with van der Waals surface area (Å²) in [6, 6.07) is 0. The zero-order chi connectivity index (χ0) is 9.40. The van der Waals surface area contributed by atoms with Crippen molar-refractivity contribution in [1.29, 1.82) is 0 Å².